The fourth-order valence-electron chi connectivity index (χ4n) is 2.41. The van der Waals surface area contributed by atoms with E-state index in [9.17, 15) is 4.79 Å². The minimum absolute atomic E-state index is 0.367. The number of carbonyl (C=O) groups is 1. The molecule has 0 spiro atoms. The lowest BCUT2D eigenvalue weighted by molar-refractivity contribution is 0.0636. The van der Waals surface area contributed by atoms with Gasteiger partial charge in [0.1, 0.15) is 5.60 Å². The quantitative estimate of drug-likeness (QED) is 0.913. The number of imidazole rings is 1. The average Bonchev–Trinajstić information content (AvgIpc) is 3.16. The van der Waals surface area contributed by atoms with Gasteiger partial charge < -0.3 is 14.9 Å². The molecule has 0 saturated heterocycles. The van der Waals surface area contributed by atoms with Crippen molar-refractivity contribution in [3.63, 3.8) is 0 Å². The Kier molecular flexibility index (Phi) is 3.56. The van der Waals surface area contributed by atoms with Gasteiger partial charge in [-0.05, 0) is 51.2 Å². The van der Waals surface area contributed by atoms with E-state index < -0.39 is 11.7 Å². The van der Waals surface area contributed by atoms with Gasteiger partial charge in [0, 0.05) is 18.9 Å². The highest BCUT2D eigenvalue weighted by Gasteiger charge is 2.26. The van der Waals surface area contributed by atoms with Crippen LogP contribution in [0.15, 0.2) is 18.5 Å². The van der Waals surface area contributed by atoms with Crippen molar-refractivity contribution < 1.29 is 9.53 Å². The van der Waals surface area contributed by atoms with Gasteiger partial charge in [0.25, 0.3) is 0 Å². The van der Waals surface area contributed by atoms with Crippen molar-refractivity contribution in [2.24, 2.45) is 5.73 Å². The molecule has 1 aliphatic rings. The lowest BCUT2D eigenvalue weighted by Crippen LogP contribution is -2.27. The van der Waals surface area contributed by atoms with Crippen molar-refractivity contribution in [1.29, 1.82) is 0 Å². The summed E-state index contributed by atoms with van der Waals surface area (Å²) in [5, 5.41) is 2.82. The van der Waals surface area contributed by atoms with Crippen LogP contribution in [0.4, 0.5) is 10.5 Å². The third kappa shape index (κ3) is 3.22. The van der Waals surface area contributed by atoms with Crippen molar-refractivity contribution in [1.82, 2.24) is 9.38 Å². The van der Waals surface area contributed by atoms with E-state index in [1.165, 1.54) is 18.4 Å². The Morgan fingerprint density at radius 2 is 2.18 bits per heavy atom. The number of nitrogens with two attached hydrogens (primary N) is 1. The molecular weight excluding hydrogens is 280 g/mol. The molecule has 2 heterocycles. The fraction of sp³-hybridized carbons (Fsp3) is 0.500. The maximum atomic E-state index is 12.0. The van der Waals surface area contributed by atoms with E-state index in [2.05, 4.69) is 16.5 Å². The summed E-state index contributed by atoms with van der Waals surface area (Å²) in [5.74, 6) is 0.576. The van der Waals surface area contributed by atoms with Crippen LogP contribution >= 0.6 is 0 Å². The molecule has 0 radical (unpaired) electrons. The number of rotatable bonds is 3. The Hall–Kier alpha value is -2.08. The second-order valence-corrected chi connectivity index (χ2v) is 6.76. The van der Waals surface area contributed by atoms with Gasteiger partial charge in [0.2, 0.25) is 0 Å². The van der Waals surface area contributed by atoms with Crippen molar-refractivity contribution in [2.75, 3.05) is 5.32 Å². The van der Waals surface area contributed by atoms with Crippen LogP contribution in [0.5, 0.6) is 0 Å². The van der Waals surface area contributed by atoms with E-state index in [-0.39, 0.29) is 0 Å². The van der Waals surface area contributed by atoms with Gasteiger partial charge in [-0.15, -0.1) is 0 Å². The van der Waals surface area contributed by atoms with Crippen LogP contribution in [-0.4, -0.2) is 21.1 Å². The summed E-state index contributed by atoms with van der Waals surface area (Å²) in [4.78, 5) is 16.5. The summed E-state index contributed by atoms with van der Waals surface area (Å²) >= 11 is 0. The lowest BCUT2D eigenvalue weighted by Gasteiger charge is -2.20. The zero-order valence-electron chi connectivity index (χ0n) is 13.2. The first-order chi connectivity index (χ1) is 10.4. The monoisotopic (exact) mass is 302 g/mol. The number of nitrogens with one attached hydrogen (secondary N) is 1. The molecule has 6 nitrogen and oxygen atoms in total. The lowest BCUT2D eigenvalue weighted by atomic mass is 10.2. The number of hydrogen-bond acceptors (Lipinski definition) is 4. The summed E-state index contributed by atoms with van der Waals surface area (Å²) in [6.45, 7) is 5.88. The van der Waals surface area contributed by atoms with Crippen LogP contribution in [-0.2, 0) is 11.3 Å². The van der Waals surface area contributed by atoms with Gasteiger partial charge >= 0.3 is 6.09 Å². The van der Waals surface area contributed by atoms with E-state index in [1.807, 2.05) is 37.4 Å². The summed E-state index contributed by atoms with van der Waals surface area (Å²) < 4.78 is 7.26. The normalized spacial score (nSPS) is 15.1. The van der Waals surface area contributed by atoms with Crippen LogP contribution in [0.25, 0.3) is 5.65 Å². The van der Waals surface area contributed by atoms with Crippen molar-refractivity contribution >= 4 is 17.4 Å². The first-order valence-electron chi connectivity index (χ1n) is 7.57. The standard InChI is InChI=1S/C16H22N4O2/c1-16(2,3)22-15(21)19-13-6-11(10-4-5-10)8-20-9-12(7-17)18-14(13)20/h6,8-10H,4-5,7,17H2,1-3H3,(H,19,21). The molecule has 2 aromatic heterocycles. The van der Waals surface area contributed by atoms with E-state index in [4.69, 9.17) is 10.5 Å². The summed E-state index contributed by atoms with van der Waals surface area (Å²) in [5.41, 5.74) is 8.49. The number of anilines is 1. The van der Waals surface area contributed by atoms with Crippen LogP contribution in [0.2, 0.25) is 0 Å². The van der Waals surface area contributed by atoms with E-state index >= 15 is 0 Å². The number of nitrogens with zero attached hydrogens (tertiary/aromatic N) is 2. The molecule has 0 atom stereocenters. The van der Waals surface area contributed by atoms with Gasteiger partial charge in [0.15, 0.2) is 5.65 Å². The third-order valence-electron chi connectivity index (χ3n) is 3.52. The predicted molar refractivity (Wildman–Crippen MR) is 84.9 cm³/mol. The fourth-order valence-corrected chi connectivity index (χ4v) is 2.41. The molecule has 0 aliphatic heterocycles. The first-order valence-corrected chi connectivity index (χ1v) is 7.57. The van der Waals surface area contributed by atoms with Gasteiger partial charge in [-0.1, -0.05) is 0 Å². The molecule has 0 unspecified atom stereocenters. The number of carbonyl (C=O) groups excluding carboxylic acids is 1. The van der Waals surface area contributed by atoms with E-state index in [0.29, 0.717) is 23.8 Å². The molecule has 3 N–H and O–H groups in total. The summed E-state index contributed by atoms with van der Waals surface area (Å²) in [7, 11) is 0. The van der Waals surface area contributed by atoms with E-state index in [0.717, 1.165) is 5.69 Å². The highest BCUT2D eigenvalue weighted by Crippen LogP contribution is 2.41. The van der Waals surface area contributed by atoms with Gasteiger partial charge in [-0.2, -0.15) is 0 Å². The van der Waals surface area contributed by atoms with Gasteiger partial charge in [-0.3, -0.25) is 5.32 Å². The minimum atomic E-state index is -0.535. The number of ether oxygens (including phenoxy) is 1. The van der Waals surface area contributed by atoms with Crippen molar-refractivity contribution in [3.8, 4) is 0 Å². The molecule has 1 saturated carbocycles. The zero-order chi connectivity index (χ0) is 15.9. The largest absolute Gasteiger partial charge is 0.444 e. The highest BCUT2D eigenvalue weighted by molar-refractivity contribution is 5.90. The molecule has 1 amide bonds. The molecule has 0 aromatic carbocycles. The number of amides is 1. The zero-order valence-corrected chi connectivity index (χ0v) is 13.2. The van der Waals surface area contributed by atoms with Crippen LogP contribution in [0.1, 0.15) is 50.8 Å². The molecule has 2 aromatic rings. The van der Waals surface area contributed by atoms with Crippen molar-refractivity contribution in [2.45, 2.75) is 51.7 Å². The maximum absolute atomic E-state index is 12.0. The number of aromatic nitrogens is 2. The predicted octanol–water partition coefficient (Wildman–Crippen LogP) is 3.02. The molecule has 3 rings (SSSR count). The summed E-state index contributed by atoms with van der Waals surface area (Å²) in [6.07, 6.45) is 5.88. The molecule has 1 aliphatic carbocycles. The number of fused-ring (bicyclic) bond motifs is 1. The van der Waals surface area contributed by atoms with Crippen molar-refractivity contribution in [3.05, 3.63) is 29.7 Å². The third-order valence-corrected chi connectivity index (χ3v) is 3.52. The average molecular weight is 302 g/mol. The second-order valence-electron chi connectivity index (χ2n) is 6.76. The Morgan fingerprint density at radius 3 is 2.77 bits per heavy atom. The van der Waals surface area contributed by atoms with E-state index in [1.54, 1.807) is 0 Å². The molecule has 118 valence electrons. The topological polar surface area (TPSA) is 81.6 Å². The Balaban J connectivity index is 1.95. The maximum Gasteiger partial charge on any atom is 0.412 e. The first kappa shape index (κ1) is 14.8. The van der Waals surface area contributed by atoms with Gasteiger partial charge in [-0.25, -0.2) is 9.78 Å². The number of hydrogen-bond donors (Lipinski definition) is 2. The molecule has 22 heavy (non-hydrogen) atoms. The van der Waals surface area contributed by atoms with Crippen LogP contribution < -0.4 is 11.1 Å². The molecular formula is C16H22N4O2. The molecule has 0 bridgehead atoms. The van der Waals surface area contributed by atoms with Crippen LogP contribution in [0.3, 0.4) is 0 Å². The van der Waals surface area contributed by atoms with Crippen LogP contribution in [0, 0.1) is 0 Å². The Morgan fingerprint density at radius 1 is 1.45 bits per heavy atom. The minimum Gasteiger partial charge on any atom is -0.444 e. The Labute approximate surface area is 129 Å². The second kappa shape index (κ2) is 5.28. The molecule has 1 fully saturated rings. The highest BCUT2D eigenvalue weighted by atomic mass is 16.6. The summed E-state index contributed by atoms with van der Waals surface area (Å²) in [6, 6.07) is 1.99. The number of pyridine rings is 1. The Bertz CT molecular complexity index is 711. The SMILES string of the molecule is CC(C)(C)OC(=O)Nc1cc(C2CC2)cn2cc(CN)nc12. The van der Waals surface area contributed by atoms with Gasteiger partial charge in [0.05, 0.1) is 11.4 Å². The molecule has 6 heteroatoms. The smallest absolute Gasteiger partial charge is 0.412 e.